The Morgan fingerprint density at radius 1 is 0.882 bits per heavy atom. The number of benzene rings is 2. The molecular weight excluding hydrogens is 275 g/mol. The van der Waals surface area contributed by atoms with Crippen LogP contribution < -0.4 is 4.46 Å². The van der Waals surface area contributed by atoms with Gasteiger partial charge in [-0.15, -0.1) is 0 Å². The topological polar surface area (TPSA) is 20.2 Å². The zero-order valence-electron chi connectivity index (χ0n) is 9.36. The van der Waals surface area contributed by atoms with Crippen LogP contribution in [0.15, 0.2) is 71.7 Å². The van der Waals surface area contributed by atoms with E-state index in [0.29, 0.717) is 0 Å². The fraction of sp³-hybridized carbons (Fsp3) is 0.0667. The summed E-state index contributed by atoms with van der Waals surface area (Å²) in [6, 6.07) is 20.0. The van der Waals surface area contributed by atoms with Gasteiger partial charge < -0.3 is 0 Å². The van der Waals surface area contributed by atoms with Crippen LogP contribution >= 0.6 is 0 Å². The van der Waals surface area contributed by atoms with Gasteiger partial charge in [-0.1, -0.05) is 0 Å². The van der Waals surface area contributed by atoms with Crippen molar-refractivity contribution in [1.82, 2.24) is 0 Å². The van der Waals surface area contributed by atoms with Gasteiger partial charge in [-0.2, -0.15) is 0 Å². The van der Waals surface area contributed by atoms with Crippen molar-refractivity contribution in [3.8, 4) is 0 Å². The number of hydrogen-bond acceptors (Lipinski definition) is 1. The molecule has 2 aromatic rings. The summed E-state index contributed by atoms with van der Waals surface area (Å²) in [5, 5.41) is 9.92. The van der Waals surface area contributed by atoms with Crippen molar-refractivity contribution in [1.29, 1.82) is 0 Å². The maximum absolute atomic E-state index is 9.92. The molecule has 0 spiro atoms. The molecule has 86 valence electrons. The van der Waals surface area contributed by atoms with E-state index in [1.54, 1.807) is 0 Å². The van der Waals surface area contributed by atoms with Crippen molar-refractivity contribution in [3.63, 3.8) is 0 Å². The Kier molecular flexibility index (Phi) is 4.57. The van der Waals surface area contributed by atoms with Crippen LogP contribution in [0.2, 0.25) is 0 Å². The summed E-state index contributed by atoms with van der Waals surface area (Å²) in [5.41, 5.74) is 0.938. The zero-order valence-corrected chi connectivity index (χ0v) is 11.1. The van der Waals surface area contributed by atoms with Gasteiger partial charge in [-0.05, 0) is 0 Å². The van der Waals surface area contributed by atoms with E-state index in [2.05, 4.69) is 17.1 Å². The van der Waals surface area contributed by atoms with E-state index in [9.17, 15) is 5.11 Å². The summed E-state index contributed by atoms with van der Waals surface area (Å²) in [7, 11) is 0. The fourth-order valence-electron chi connectivity index (χ4n) is 1.45. The first kappa shape index (κ1) is 12.1. The number of hydrogen-bond donors (Lipinski definition) is 1. The first-order chi connectivity index (χ1) is 8.36. The summed E-state index contributed by atoms with van der Waals surface area (Å²) in [6.07, 6.45) is 1.37. The molecule has 0 fully saturated rings. The molecular formula is C15H14OSe. The normalized spacial score (nSPS) is 12.8. The van der Waals surface area contributed by atoms with Gasteiger partial charge in [0.05, 0.1) is 0 Å². The number of aliphatic hydroxyl groups excluding tert-OH is 1. The maximum atomic E-state index is 9.92. The third kappa shape index (κ3) is 3.86. The quantitative estimate of drug-likeness (QED) is 0.856. The monoisotopic (exact) mass is 290 g/mol. The molecule has 0 aliphatic rings. The van der Waals surface area contributed by atoms with Crippen LogP contribution in [-0.2, 0) is 0 Å². The molecule has 0 radical (unpaired) electrons. The molecule has 1 unspecified atom stereocenters. The second-order valence-electron chi connectivity index (χ2n) is 3.61. The van der Waals surface area contributed by atoms with Crippen molar-refractivity contribution in [2.75, 3.05) is 0 Å². The number of aliphatic hydroxyl groups is 1. The Labute approximate surface area is 108 Å². The fourth-order valence-corrected chi connectivity index (χ4v) is 2.92. The molecule has 1 nitrogen and oxygen atoms in total. The van der Waals surface area contributed by atoms with E-state index in [4.69, 9.17) is 0 Å². The third-order valence-corrected chi connectivity index (χ3v) is 4.11. The Bertz CT molecular complexity index is 465. The van der Waals surface area contributed by atoms with Crippen molar-refractivity contribution in [3.05, 3.63) is 77.3 Å². The van der Waals surface area contributed by atoms with Crippen LogP contribution in [0.1, 0.15) is 11.7 Å². The van der Waals surface area contributed by atoms with Gasteiger partial charge in [-0.3, -0.25) is 0 Å². The van der Waals surface area contributed by atoms with E-state index >= 15 is 0 Å². The van der Waals surface area contributed by atoms with Gasteiger partial charge in [0.2, 0.25) is 0 Å². The Balaban J connectivity index is 1.93. The molecule has 0 saturated heterocycles. The average Bonchev–Trinajstić information content (AvgIpc) is 2.41. The molecule has 2 heteroatoms. The second kappa shape index (κ2) is 6.41. The molecule has 0 aromatic heterocycles. The molecule has 0 aliphatic heterocycles. The van der Waals surface area contributed by atoms with E-state index in [-0.39, 0.29) is 15.0 Å². The predicted octanol–water partition coefficient (Wildman–Crippen LogP) is 2.26. The van der Waals surface area contributed by atoms with E-state index in [1.807, 2.05) is 54.6 Å². The number of rotatable bonds is 4. The molecule has 0 amide bonds. The van der Waals surface area contributed by atoms with Gasteiger partial charge >= 0.3 is 108 Å². The summed E-state index contributed by atoms with van der Waals surface area (Å²) in [6.45, 7) is 0. The predicted molar refractivity (Wildman–Crippen MR) is 72.4 cm³/mol. The van der Waals surface area contributed by atoms with Crippen molar-refractivity contribution >= 4 is 19.4 Å². The van der Waals surface area contributed by atoms with Crippen molar-refractivity contribution in [2.45, 2.75) is 6.10 Å². The van der Waals surface area contributed by atoms with Gasteiger partial charge in [0.15, 0.2) is 0 Å². The van der Waals surface area contributed by atoms with Crippen molar-refractivity contribution in [2.24, 2.45) is 0 Å². The Morgan fingerprint density at radius 3 is 2.12 bits per heavy atom. The Hall–Kier alpha value is -1.34. The van der Waals surface area contributed by atoms with Crippen LogP contribution in [0.4, 0.5) is 0 Å². The molecule has 0 saturated carbocycles. The van der Waals surface area contributed by atoms with Gasteiger partial charge in [0.25, 0.3) is 0 Å². The van der Waals surface area contributed by atoms with Gasteiger partial charge in [0.1, 0.15) is 0 Å². The average molecular weight is 289 g/mol. The molecule has 17 heavy (non-hydrogen) atoms. The van der Waals surface area contributed by atoms with E-state index < -0.39 is 6.10 Å². The summed E-state index contributed by atoms with van der Waals surface area (Å²) in [4.78, 5) is 2.07. The molecule has 2 rings (SSSR count). The van der Waals surface area contributed by atoms with Crippen molar-refractivity contribution < 1.29 is 5.11 Å². The minimum absolute atomic E-state index is 0.289. The summed E-state index contributed by atoms with van der Waals surface area (Å²) >= 11 is 0.289. The molecule has 0 bridgehead atoms. The van der Waals surface area contributed by atoms with E-state index in [1.165, 1.54) is 4.46 Å². The minimum atomic E-state index is -0.498. The standard InChI is InChI=1S/C15H14OSe/c16-15(13-7-3-1-4-8-13)11-12-17-14-9-5-2-6-10-14/h1-12,15-16H/b12-11+. The molecule has 0 heterocycles. The summed E-state index contributed by atoms with van der Waals surface area (Å²) in [5.74, 6) is 0. The molecule has 1 atom stereocenters. The van der Waals surface area contributed by atoms with Crippen LogP contribution in [0, 0.1) is 0 Å². The van der Waals surface area contributed by atoms with Gasteiger partial charge in [-0.25, -0.2) is 0 Å². The molecule has 2 aromatic carbocycles. The third-order valence-electron chi connectivity index (χ3n) is 2.35. The first-order valence-electron chi connectivity index (χ1n) is 5.47. The molecule has 1 N–H and O–H groups in total. The molecule has 0 aliphatic carbocycles. The van der Waals surface area contributed by atoms with Crippen LogP contribution in [0.25, 0.3) is 0 Å². The summed E-state index contributed by atoms with van der Waals surface area (Å²) < 4.78 is 1.32. The van der Waals surface area contributed by atoms with Crippen LogP contribution in [0.3, 0.4) is 0 Å². The Morgan fingerprint density at radius 2 is 1.47 bits per heavy atom. The van der Waals surface area contributed by atoms with E-state index in [0.717, 1.165) is 5.56 Å². The second-order valence-corrected chi connectivity index (χ2v) is 5.67. The zero-order chi connectivity index (χ0) is 11.9. The SMILES string of the molecule is OC(/C=C/[Se]c1ccccc1)c1ccccc1. The van der Waals surface area contributed by atoms with Crippen LogP contribution in [0.5, 0.6) is 0 Å². The van der Waals surface area contributed by atoms with Crippen LogP contribution in [-0.4, -0.2) is 20.1 Å². The van der Waals surface area contributed by atoms with Gasteiger partial charge in [0, 0.05) is 0 Å². The first-order valence-corrected chi connectivity index (χ1v) is 7.32.